The molecule has 0 atom stereocenters. The van der Waals surface area contributed by atoms with Crippen LogP contribution >= 0.6 is 11.6 Å². The zero-order chi connectivity index (χ0) is 13.3. The number of aromatic nitrogens is 2. The Hall–Kier alpha value is -1.48. The predicted molar refractivity (Wildman–Crippen MR) is 73.5 cm³/mol. The van der Waals surface area contributed by atoms with E-state index in [-0.39, 0.29) is 0 Å². The number of hydrogen-bond acceptors (Lipinski definition) is 2. The van der Waals surface area contributed by atoms with Crippen LogP contribution in [-0.2, 0) is 12.9 Å². The maximum Gasteiger partial charge on any atom is 0.171 e. The quantitative estimate of drug-likeness (QED) is 0.787. The summed E-state index contributed by atoms with van der Waals surface area (Å²) in [6.07, 6.45) is 0. The molecule has 1 heterocycles. The molecule has 0 N–H and O–H groups in total. The highest BCUT2D eigenvalue weighted by molar-refractivity contribution is 6.17. The van der Waals surface area contributed by atoms with Gasteiger partial charge < -0.3 is 4.74 Å². The molecule has 2 rings (SSSR count). The minimum Gasteiger partial charge on any atom is -0.453 e. The van der Waals surface area contributed by atoms with Crippen LogP contribution < -0.4 is 4.74 Å². The maximum atomic E-state index is 5.99. The third-order valence-electron chi connectivity index (χ3n) is 3.06. The Morgan fingerprint density at radius 1 is 1.28 bits per heavy atom. The number of alkyl halides is 1. The molecule has 0 amide bonds. The Morgan fingerprint density at radius 2 is 2.00 bits per heavy atom. The molecule has 1 aromatic heterocycles. The van der Waals surface area contributed by atoms with Crippen molar-refractivity contribution in [3.8, 4) is 11.5 Å². The molecule has 0 aliphatic rings. The molecule has 0 aliphatic carbocycles. The molecule has 2 aromatic rings. The first kappa shape index (κ1) is 13.0. The van der Waals surface area contributed by atoms with Gasteiger partial charge in [-0.3, -0.25) is 4.68 Å². The Kier molecular flexibility index (Phi) is 3.62. The van der Waals surface area contributed by atoms with E-state index in [1.165, 1.54) is 0 Å². The molecule has 0 saturated carbocycles. The molecule has 96 valence electrons. The monoisotopic (exact) mass is 264 g/mol. The zero-order valence-corrected chi connectivity index (χ0v) is 11.9. The fourth-order valence-corrected chi connectivity index (χ4v) is 2.02. The highest BCUT2D eigenvalue weighted by Gasteiger charge is 2.13. The lowest BCUT2D eigenvalue weighted by Crippen LogP contribution is -1.94. The second-order valence-corrected chi connectivity index (χ2v) is 4.73. The van der Waals surface area contributed by atoms with Crippen LogP contribution in [0.15, 0.2) is 18.2 Å². The van der Waals surface area contributed by atoms with E-state index < -0.39 is 0 Å². The SMILES string of the molecule is Cc1ccc(CCl)cc1Oc1c(C)nn(C)c1C. The van der Waals surface area contributed by atoms with Crippen LogP contribution in [0.5, 0.6) is 11.5 Å². The summed E-state index contributed by atoms with van der Waals surface area (Å²) in [4.78, 5) is 0. The second kappa shape index (κ2) is 5.02. The molecule has 0 saturated heterocycles. The third kappa shape index (κ3) is 2.36. The first-order valence-corrected chi connectivity index (χ1v) is 6.40. The average molecular weight is 265 g/mol. The van der Waals surface area contributed by atoms with Gasteiger partial charge in [-0.05, 0) is 38.0 Å². The number of aryl methyl sites for hydroxylation is 3. The Labute approximate surface area is 112 Å². The number of hydrogen-bond donors (Lipinski definition) is 0. The van der Waals surface area contributed by atoms with Crippen molar-refractivity contribution in [3.05, 3.63) is 40.7 Å². The van der Waals surface area contributed by atoms with Gasteiger partial charge in [0.2, 0.25) is 0 Å². The first-order valence-electron chi connectivity index (χ1n) is 5.86. The molecule has 0 bridgehead atoms. The van der Waals surface area contributed by atoms with Gasteiger partial charge in [0.05, 0.1) is 5.69 Å². The highest BCUT2D eigenvalue weighted by Crippen LogP contribution is 2.30. The van der Waals surface area contributed by atoms with Crippen LogP contribution in [0.3, 0.4) is 0 Å². The molecular formula is C14H17ClN2O. The van der Waals surface area contributed by atoms with E-state index in [0.717, 1.165) is 34.0 Å². The van der Waals surface area contributed by atoms with Crippen molar-refractivity contribution in [3.63, 3.8) is 0 Å². The molecule has 0 unspecified atom stereocenters. The smallest absolute Gasteiger partial charge is 0.171 e. The van der Waals surface area contributed by atoms with Crippen LogP contribution in [0.2, 0.25) is 0 Å². The van der Waals surface area contributed by atoms with Gasteiger partial charge in [-0.25, -0.2) is 0 Å². The van der Waals surface area contributed by atoms with Crippen molar-refractivity contribution in [2.45, 2.75) is 26.7 Å². The molecule has 1 aromatic carbocycles. The Bertz CT molecular complexity index is 575. The number of ether oxygens (including phenoxy) is 1. The number of nitrogens with zero attached hydrogens (tertiary/aromatic N) is 2. The Morgan fingerprint density at radius 3 is 2.56 bits per heavy atom. The van der Waals surface area contributed by atoms with Gasteiger partial charge in [0, 0.05) is 12.9 Å². The molecule has 0 radical (unpaired) electrons. The minimum atomic E-state index is 0.488. The van der Waals surface area contributed by atoms with Crippen molar-refractivity contribution in [2.24, 2.45) is 7.05 Å². The summed E-state index contributed by atoms with van der Waals surface area (Å²) in [5.74, 6) is 2.15. The van der Waals surface area contributed by atoms with Gasteiger partial charge in [0.15, 0.2) is 5.75 Å². The van der Waals surface area contributed by atoms with Crippen LogP contribution in [0, 0.1) is 20.8 Å². The molecule has 0 aliphatic heterocycles. The third-order valence-corrected chi connectivity index (χ3v) is 3.37. The van der Waals surface area contributed by atoms with Crippen molar-refractivity contribution in [2.75, 3.05) is 0 Å². The number of rotatable bonds is 3. The fourth-order valence-electron chi connectivity index (χ4n) is 1.85. The van der Waals surface area contributed by atoms with E-state index in [4.69, 9.17) is 16.3 Å². The van der Waals surface area contributed by atoms with E-state index in [0.29, 0.717) is 5.88 Å². The topological polar surface area (TPSA) is 27.1 Å². The molecule has 0 fully saturated rings. The number of benzene rings is 1. The lowest BCUT2D eigenvalue weighted by atomic mass is 10.1. The van der Waals surface area contributed by atoms with E-state index in [9.17, 15) is 0 Å². The predicted octanol–water partition coefficient (Wildman–Crippen LogP) is 3.88. The van der Waals surface area contributed by atoms with Crippen LogP contribution in [0.4, 0.5) is 0 Å². The molecule has 3 nitrogen and oxygen atoms in total. The van der Waals surface area contributed by atoms with Gasteiger partial charge in [0.25, 0.3) is 0 Å². The average Bonchev–Trinajstić information content (AvgIpc) is 2.58. The summed E-state index contributed by atoms with van der Waals surface area (Å²) < 4.78 is 7.82. The molecule has 18 heavy (non-hydrogen) atoms. The van der Waals surface area contributed by atoms with E-state index in [1.54, 1.807) is 0 Å². The molecule has 4 heteroatoms. The standard InChI is InChI=1S/C14H17ClN2O/c1-9-5-6-12(8-15)7-13(9)18-14-10(2)16-17(4)11(14)3/h5-7H,8H2,1-4H3. The summed E-state index contributed by atoms with van der Waals surface area (Å²) in [7, 11) is 1.91. The maximum absolute atomic E-state index is 5.99. The summed E-state index contributed by atoms with van der Waals surface area (Å²) in [6.45, 7) is 5.97. The van der Waals surface area contributed by atoms with Gasteiger partial charge in [-0.15, -0.1) is 11.6 Å². The van der Waals surface area contributed by atoms with E-state index >= 15 is 0 Å². The van der Waals surface area contributed by atoms with E-state index in [1.807, 2.05) is 50.7 Å². The van der Waals surface area contributed by atoms with Crippen LogP contribution in [0.25, 0.3) is 0 Å². The lowest BCUT2D eigenvalue weighted by Gasteiger charge is -2.10. The number of halogens is 1. The fraction of sp³-hybridized carbons (Fsp3) is 0.357. The normalized spacial score (nSPS) is 10.7. The van der Waals surface area contributed by atoms with Gasteiger partial charge >= 0.3 is 0 Å². The molecule has 0 spiro atoms. The summed E-state index contributed by atoms with van der Waals surface area (Å²) in [6, 6.07) is 6.01. The van der Waals surface area contributed by atoms with Crippen LogP contribution in [-0.4, -0.2) is 9.78 Å². The molecular weight excluding hydrogens is 248 g/mol. The Balaban J connectivity index is 2.39. The lowest BCUT2D eigenvalue weighted by molar-refractivity contribution is 0.470. The summed E-state index contributed by atoms with van der Waals surface area (Å²) in [5.41, 5.74) is 4.05. The highest BCUT2D eigenvalue weighted by atomic mass is 35.5. The van der Waals surface area contributed by atoms with Crippen molar-refractivity contribution in [1.82, 2.24) is 9.78 Å². The zero-order valence-electron chi connectivity index (χ0n) is 11.1. The van der Waals surface area contributed by atoms with Crippen molar-refractivity contribution in [1.29, 1.82) is 0 Å². The second-order valence-electron chi connectivity index (χ2n) is 4.46. The van der Waals surface area contributed by atoms with E-state index in [2.05, 4.69) is 5.10 Å². The van der Waals surface area contributed by atoms with Gasteiger partial charge in [-0.2, -0.15) is 5.10 Å². The van der Waals surface area contributed by atoms with Gasteiger partial charge in [0.1, 0.15) is 11.4 Å². The first-order chi connectivity index (χ1) is 8.52. The van der Waals surface area contributed by atoms with Gasteiger partial charge in [-0.1, -0.05) is 12.1 Å². The summed E-state index contributed by atoms with van der Waals surface area (Å²) in [5, 5.41) is 4.34. The largest absolute Gasteiger partial charge is 0.453 e. The minimum absolute atomic E-state index is 0.488. The van der Waals surface area contributed by atoms with Crippen molar-refractivity contribution < 1.29 is 4.74 Å². The van der Waals surface area contributed by atoms with Crippen molar-refractivity contribution >= 4 is 11.6 Å². The van der Waals surface area contributed by atoms with Crippen LogP contribution in [0.1, 0.15) is 22.5 Å². The summed E-state index contributed by atoms with van der Waals surface area (Å²) >= 11 is 5.85.